The largest absolute Gasteiger partial charge is 0.0925 e. The molecule has 1 heteroatoms. The molecule has 1 aliphatic carbocycles. The summed E-state index contributed by atoms with van der Waals surface area (Å²) in [4.78, 5) is 0. The Morgan fingerprint density at radius 3 is 2.33 bits per heavy atom. The molecule has 1 aliphatic rings. The molecule has 1 rings (SSSR count). The maximum atomic E-state index is 3.50. The van der Waals surface area contributed by atoms with Crippen LogP contribution in [0.15, 0.2) is 0 Å². The van der Waals surface area contributed by atoms with Gasteiger partial charge in [-0.05, 0) is 30.6 Å². The van der Waals surface area contributed by atoms with Gasteiger partial charge < -0.3 is 0 Å². The Bertz CT molecular complexity index is 82.6. The van der Waals surface area contributed by atoms with Gasteiger partial charge in [0.1, 0.15) is 0 Å². The lowest BCUT2D eigenvalue weighted by Crippen LogP contribution is -2.28. The first-order chi connectivity index (χ1) is 4.24. The van der Waals surface area contributed by atoms with E-state index in [0.29, 0.717) is 0 Å². The number of rotatable bonds is 2. The van der Waals surface area contributed by atoms with E-state index in [0.717, 1.165) is 17.8 Å². The molecular weight excluding hydrogens is 176 g/mol. The highest BCUT2D eigenvalue weighted by Gasteiger charge is 2.29. The van der Waals surface area contributed by atoms with E-state index < -0.39 is 0 Å². The zero-order chi connectivity index (χ0) is 6.85. The molecule has 1 fully saturated rings. The van der Waals surface area contributed by atoms with Crippen molar-refractivity contribution in [1.29, 1.82) is 0 Å². The van der Waals surface area contributed by atoms with Crippen molar-refractivity contribution in [2.75, 3.05) is 5.33 Å². The summed E-state index contributed by atoms with van der Waals surface area (Å²) in [6.45, 7) is 4.66. The lowest BCUT2D eigenvalue weighted by atomic mass is 9.70. The number of hydrogen-bond acceptors (Lipinski definition) is 0. The first-order valence-corrected chi connectivity index (χ1v) is 4.92. The SMILES string of the molecule is CC(C)C1CC(CBr)C1. The fourth-order valence-electron chi connectivity index (χ4n) is 1.46. The van der Waals surface area contributed by atoms with Crippen molar-refractivity contribution in [2.45, 2.75) is 26.7 Å². The molecule has 0 unspecified atom stereocenters. The number of hydrogen-bond donors (Lipinski definition) is 0. The molecule has 0 aromatic rings. The van der Waals surface area contributed by atoms with Crippen molar-refractivity contribution in [1.82, 2.24) is 0 Å². The van der Waals surface area contributed by atoms with Gasteiger partial charge in [0.05, 0.1) is 0 Å². The highest BCUT2D eigenvalue weighted by Crippen LogP contribution is 2.39. The topological polar surface area (TPSA) is 0 Å². The Hall–Kier alpha value is 0.480. The summed E-state index contributed by atoms with van der Waals surface area (Å²) in [5.41, 5.74) is 0. The number of alkyl halides is 1. The molecule has 0 atom stereocenters. The van der Waals surface area contributed by atoms with E-state index in [-0.39, 0.29) is 0 Å². The molecule has 0 aromatic heterocycles. The van der Waals surface area contributed by atoms with Crippen LogP contribution in [-0.2, 0) is 0 Å². The quantitative estimate of drug-likeness (QED) is 0.588. The standard InChI is InChI=1S/C8H15Br/c1-6(2)8-3-7(4-8)5-9/h6-8H,3-5H2,1-2H3. The fraction of sp³-hybridized carbons (Fsp3) is 1.00. The molecule has 1 saturated carbocycles. The molecule has 54 valence electrons. The van der Waals surface area contributed by atoms with Gasteiger partial charge in [0, 0.05) is 5.33 Å². The Labute approximate surface area is 66.2 Å². The summed E-state index contributed by atoms with van der Waals surface area (Å²) < 4.78 is 0. The Kier molecular flexibility index (Phi) is 2.57. The summed E-state index contributed by atoms with van der Waals surface area (Å²) in [5.74, 6) is 2.95. The molecule has 0 bridgehead atoms. The van der Waals surface area contributed by atoms with Gasteiger partial charge in [0.15, 0.2) is 0 Å². The minimum absolute atomic E-state index is 0.917. The average Bonchev–Trinajstić information content (AvgIpc) is 1.61. The Morgan fingerprint density at radius 1 is 1.44 bits per heavy atom. The minimum Gasteiger partial charge on any atom is -0.0925 e. The summed E-state index contributed by atoms with van der Waals surface area (Å²) >= 11 is 3.50. The molecule has 0 N–H and O–H groups in total. The van der Waals surface area contributed by atoms with Gasteiger partial charge in [0.2, 0.25) is 0 Å². The molecule has 0 aromatic carbocycles. The normalized spacial score (nSPS) is 34.7. The summed E-state index contributed by atoms with van der Waals surface area (Å²) in [6.07, 6.45) is 2.92. The van der Waals surface area contributed by atoms with Gasteiger partial charge in [-0.15, -0.1) is 0 Å². The molecule has 0 spiro atoms. The van der Waals surface area contributed by atoms with Crippen LogP contribution in [0.2, 0.25) is 0 Å². The first-order valence-electron chi connectivity index (χ1n) is 3.80. The molecule has 0 aliphatic heterocycles. The molecule has 0 nitrogen and oxygen atoms in total. The summed E-state index contributed by atoms with van der Waals surface area (Å²) in [7, 11) is 0. The molecule has 0 saturated heterocycles. The van der Waals surface area contributed by atoms with Crippen LogP contribution < -0.4 is 0 Å². The van der Waals surface area contributed by atoms with Crippen LogP contribution in [0.5, 0.6) is 0 Å². The zero-order valence-corrected chi connectivity index (χ0v) is 7.82. The summed E-state index contributed by atoms with van der Waals surface area (Å²) in [6, 6.07) is 0. The Balaban J connectivity index is 2.12. The van der Waals surface area contributed by atoms with Gasteiger partial charge in [-0.3, -0.25) is 0 Å². The Morgan fingerprint density at radius 2 is 2.00 bits per heavy atom. The molecule has 0 amide bonds. The maximum absolute atomic E-state index is 3.50. The highest BCUT2D eigenvalue weighted by atomic mass is 79.9. The molecular formula is C8H15Br. The second-order valence-electron chi connectivity index (χ2n) is 3.50. The third kappa shape index (κ3) is 1.70. The summed E-state index contributed by atoms with van der Waals surface area (Å²) in [5, 5.41) is 1.22. The van der Waals surface area contributed by atoms with Crippen molar-refractivity contribution in [3.63, 3.8) is 0 Å². The van der Waals surface area contributed by atoms with Crippen molar-refractivity contribution < 1.29 is 0 Å². The number of halogens is 1. The molecule has 0 heterocycles. The van der Waals surface area contributed by atoms with Crippen LogP contribution in [0, 0.1) is 17.8 Å². The van der Waals surface area contributed by atoms with Crippen molar-refractivity contribution >= 4 is 15.9 Å². The van der Waals surface area contributed by atoms with Crippen LogP contribution in [0.1, 0.15) is 26.7 Å². The monoisotopic (exact) mass is 190 g/mol. The van der Waals surface area contributed by atoms with Crippen LogP contribution in [0.4, 0.5) is 0 Å². The third-order valence-electron chi connectivity index (χ3n) is 2.43. The van der Waals surface area contributed by atoms with Crippen molar-refractivity contribution in [2.24, 2.45) is 17.8 Å². The second-order valence-corrected chi connectivity index (χ2v) is 4.14. The molecule has 0 radical (unpaired) electrons. The van der Waals surface area contributed by atoms with E-state index in [9.17, 15) is 0 Å². The van der Waals surface area contributed by atoms with Crippen LogP contribution >= 0.6 is 15.9 Å². The first kappa shape index (κ1) is 7.59. The second kappa shape index (κ2) is 3.05. The average molecular weight is 191 g/mol. The third-order valence-corrected chi connectivity index (χ3v) is 3.35. The van der Waals surface area contributed by atoms with Gasteiger partial charge in [-0.2, -0.15) is 0 Å². The van der Waals surface area contributed by atoms with Gasteiger partial charge in [-0.1, -0.05) is 29.8 Å². The van der Waals surface area contributed by atoms with E-state index in [1.54, 1.807) is 0 Å². The highest BCUT2D eigenvalue weighted by molar-refractivity contribution is 9.09. The van der Waals surface area contributed by atoms with Gasteiger partial charge in [-0.25, -0.2) is 0 Å². The van der Waals surface area contributed by atoms with Crippen LogP contribution in [0.25, 0.3) is 0 Å². The van der Waals surface area contributed by atoms with Crippen LogP contribution in [-0.4, -0.2) is 5.33 Å². The van der Waals surface area contributed by atoms with E-state index in [4.69, 9.17) is 0 Å². The van der Waals surface area contributed by atoms with Crippen molar-refractivity contribution in [3.05, 3.63) is 0 Å². The zero-order valence-electron chi connectivity index (χ0n) is 6.23. The van der Waals surface area contributed by atoms with Gasteiger partial charge in [0.25, 0.3) is 0 Å². The smallest absolute Gasteiger partial charge is 0.00598 e. The van der Waals surface area contributed by atoms with E-state index in [2.05, 4.69) is 29.8 Å². The van der Waals surface area contributed by atoms with Gasteiger partial charge >= 0.3 is 0 Å². The predicted octanol–water partition coefficient (Wildman–Crippen LogP) is 3.06. The lowest BCUT2D eigenvalue weighted by Gasteiger charge is -2.36. The lowest BCUT2D eigenvalue weighted by molar-refractivity contribution is 0.161. The molecule has 9 heavy (non-hydrogen) atoms. The van der Waals surface area contributed by atoms with E-state index >= 15 is 0 Å². The predicted molar refractivity (Wildman–Crippen MR) is 44.8 cm³/mol. The van der Waals surface area contributed by atoms with E-state index in [1.165, 1.54) is 18.2 Å². The van der Waals surface area contributed by atoms with E-state index in [1.807, 2.05) is 0 Å². The minimum atomic E-state index is 0.917. The maximum Gasteiger partial charge on any atom is 0.00598 e. The fourth-order valence-corrected chi connectivity index (χ4v) is 1.99. The van der Waals surface area contributed by atoms with Crippen LogP contribution in [0.3, 0.4) is 0 Å². The van der Waals surface area contributed by atoms with Crippen molar-refractivity contribution in [3.8, 4) is 0 Å².